The largest absolute Gasteiger partial charge is 0.496 e. The van der Waals surface area contributed by atoms with E-state index in [1.54, 1.807) is 7.11 Å². The van der Waals surface area contributed by atoms with Crippen LogP contribution in [0, 0.1) is 12.8 Å². The molecule has 0 bridgehead atoms. The zero-order valence-corrected chi connectivity index (χ0v) is 12.5. The first-order valence-corrected chi connectivity index (χ1v) is 7.01. The molecule has 1 heterocycles. The summed E-state index contributed by atoms with van der Waals surface area (Å²) >= 11 is 0. The van der Waals surface area contributed by atoms with E-state index in [1.165, 1.54) is 5.56 Å². The van der Waals surface area contributed by atoms with Crippen LogP contribution in [-0.2, 0) is 13.1 Å². The number of aryl methyl sites for hydroxylation is 1. The van der Waals surface area contributed by atoms with Gasteiger partial charge in [0.1, 0.15) is 11.6 Å². The van der Waals surface area contributed by atoms with E-state index in [0.717, 1.165) is 31.2 Å². The van der Waals surface area contributed by atoms with Crippen molar-refractivity contribution in [3.8, 4) is 5.75 Å². The third-order valence-corrected chi connectivity index (χ3v) is 3.43. The Morgan fingerprint density at radius 1 is 1.35 bits per heavy atom. The summed E-state index contributed by atoms with van der Waals surface area (Å²) < 4.78 is 7.54. The Hall–Kier alpha value is -1.81. The van der Waals surface area contributed by atoms with E-state index in [1.807, 2.05) is 37.5 Å². The molecule has 0 aliphatic carbocycles. The lowest BCUT2D eigenvalue weighted by Gasteiger charge is -2.15. The lowest BCUT2D eigenvalue weighted by atomic mass is 10.1. The summed E-state index contributed by atoms with van der Waals surface area (Å²) in [6.07, 6.45) is 3.89. The summed E-state index contributed by atoms with van der Waals surface area (Å²) in [6, 6.07) is 8.12. The van der Waals surface area contributed by atoms with Crippen LogP contribution in [0.4, 0.5) is 0 Å². The van der Waals surface area contributed by atoms with Crippen molar-refractivity contribution in [3.63, 3.8) is 0 Å². The zero-order valence-electron chi connectivity index (χ0n) is 12.5. The number of nitrogens with zero attached hydrogens (tertiary/aromatic N) is 2. The van der Waals surface area contributed by atoms with Crippen LogP contribution in [0.3, 0.4) is 0 Å². The van der Waals surface area contributed by atoms with E-state index >= 15 is 0 Å². The first-order chi connectivity index (χ1) is 9.70. The Balaban J connectivity index is 1.79. The molecule has 0 aliphatic rings. The van der Waals surface area contributed by atoms with Gasteiger partial charge < -0.3 is 14.6 Å². The molecule has 0 radical (unpaired) electrons. The quantitative estimate of drug-likeness (QED) is 0.843. The molecule has 0 saturated heterocycles. The van der Waals surface area contributed by atoms with Crippen molar-refractivity contribution in [2.24, 2.45) is 5.92 Å². The van der Waals surface area contributed by atoms with Crippen LogP contribution in [0.1, 0.15) is 18.3 Å². The van der Waals surface area contributed by atoms with Crippen LogP contribution in [-0.4, -0.2) is 23.2 Å². The monoisotopic (exact) mass is 273 g/mol. The third kappa shape index (κ3) is 3.84. The predicted molar refractivity (Wildman–Crippen MR) is 80.8 cm³/mol. The van der Waals surface area contributed by atoms with Gasteiger partial charge in [-0.3, -0.25) is 0 Å². The van der Waals surface area contributed by atoms with Crippen LogP contribution in [0.25, 0.3) is 0 Å². The van der Waals surface area contributed by atoms with E-state index in [2.05, 4.69) is 27.9 Å². The van der Waals surface area contributed by atoms with Gasteiger partial charge in [0.05, 0.1) is 7.11 Å². The average molecular weight is 273 g/mol. The molecule has 2 aromatic rings. The normalized spacial score (nSPS) is 12.3. The van der Waals surface area contributed by atoms with Crippen molar-refractivity contribution in [3.05, 3.63) is 48.0 Å². The van der Waals surface area contributed by atoms with E-state index in [9.17, 15) is 0 Å². The van der Waals surface area contributed by atoms with E-state index < -0.39 is 0 Å². The van der Waals surface area contributed by atoms with Crippen molar-refractivity contribution in [1.82, 2.24) is 14.9 Å². The Labute approximate surface area is 120 Å². The van der Waals surface area contributed by atoms with Crippen molar-refractivity contribution < 1.29 is 4.74 Å². The second-order valence-corrected chi connectivity index (χ2v) is 5.17. The number of para-hydroxylation sites is 1. The highest BCUT2D eigenvalue weighted by molar-refractivity contribution is 5.32. The van der Waals surface area contributed by atoms with Crippen LogP contribution in [0.15, 0.2) is 36.7 Å². The maximum absolute atomic E-state index is 5.35. The Morgan fingerprint density at radius 3 is 2.85 bits per heavy atom. The van der Waals surface area contributed by atoms with Gasteiger partial charge in [-0.2, -0.15) is 0 Å². The summed E-state index contributed by atoms with van der Waals surface area (Å²) in [4.78, 5) is 4.25. The summed E-state index contributed by atoms with van der Waals surface area (Å²) in [5, 5.41) is 3.49. The van der Waals surface area contributed by atoms with E-state index in [4.69, 9.17) is 4.74 Å². The molecule has 1 unspecified atom stereocenters. The number of hydrogen-bond donors (Lipinski definition) is 1. The molecule has 0 saturated carbocycles. The molecule has 1 aromatic heterocycles. The average Bonchev–Trinajstić information content (AvgIpc) is 2.85. The molecule has 4 nitrogen and oxygen atoms in total. The maximum Gasteiger partial charge on any atom is 0.123 e. The van der Waals surface area contributed by atoms with Gasteiger partial charge in [-0.25, -0.2) is 4.98 Å². The maximum atomic E-state index is 5.35. The highest BCUT2D eigenvalue weighted by Gasteiger charge is 2.06. The molecule has 0 spiro atoms. The predicted octanol–water partition coefficient (Wildman–Crippen LogP) is 2.63. The minimum atomic E-state index is 0.553. The van der Waals surface area contributed by atoms with Gasteiger partial charge in [0.15, 0.2) is 0 Å². The molecule has 1 atom stereocenters. The van der Waals surface area contributed by atoms with Gasteiger partial charge in [0, 0.05) is 31.0 Å². The van der Waals surface area contributed by atoms with Gasteiger partial charge in [-0.1, -0.05) is 25.1 Å². The van der Waals surface area contributed by atoms with Gasteiger partial charge in [-0.15, -0.1) is 0 Å². The highest BCUT2D eigenvalue weighted by Crippen LogP contribution is 2.16. The number of nitrogens with one attached hydrogen (secondary N) is 1. The number of hydrogen-bond acceptors (Lipinski definition) is 3. The molecule has 0 aliphatic heterocycles. The SMILES string of the molecule is COc1ccccc1CNCC(C)Cn1ccnc1C. The number of ether oxygens (including phenoxy) is 1. The van der Waals surface area contributed by atoms with Crippen LogP contribution >= 0.6 is 0 Å². The summed E-state index contributed by atoms with van der Waals surface area (Å²) in [7, 11) is 1.71. The molecule has 108 valence electrons. The van der Waals surface area contributed by atoms with Crippen LogP contribution in [0.2, 0.25) is 0 Å². The topological polar surface area (TPSA) is 39.1 Å². The minimum Gasteiger partial charge on any atom is -0.496 e. The number of methoxy groups -OCH3 is 1. The van der Waals surface area contributed by atoms with Crippen molar-refractivity contribution in [1.29, 1.82) is 0 Å². The van der Waals surface area contributed by atoms with Gasteiger partial charge in [-0.05, 0) is 25.5 Å². The zero-order chi connectivity index (χ0) is 14.4. The van der Waals surface area contributed by atoms with E-state index in [0.29, 0.717) is 5.92 Å². The van der Waals surface area contributed by atoms with Crippen molar-refractivity contribution in [2.45, 2.75) is 26.9 Å². The summed E-state index contributed by atoms with van der Waals surface area (Å²) in [5.74, 6) is 2.57. The lowest BCUT2D eigenvalue weighted by Crippen LogP contribution is -2.24. The van der Waals surface area contributed by atoms with Gasteiger partial charge >= 0.3 is 0 Å². The standard InChI is InChI=1S/C16H23N3O/c1-13(12-19-9-8-18-14(19)2)10-17-11-15-6-4-5-7-16(15)20-3/h4-9,13,17H,10-12H2,1-3H3. The molecular formula is C16H23N3O. The number of imidazole rings is 1. The molecular weight excluding hydrogens is 250 g/mol. The van der Waals surface area contributed by atoms with Crippen LogP contribution in [0.5, 0.6) is 5.75 Å². The second-order valence-electron chi connectivity index (χ2n) is 5.17. The van der Waals surface area contributed by atoms with Crippen molar-refractivity contribution >= 4 is 0 Å². The minimum absolute atomic E-state index is 0.553. The first-order valence-electron chi connectivity index (χ1n) is 7.01. The number of benzene rings is 1. The molecule has 2 rings (SSSR count). The van der Waals surface area contributed by atoms with Crippen LogP contribution < -0.4 is 10.1 Å². The highest BCUT2D eigenvalue weighted by atomic mass is 16.5. The molecule has 1 aromatic carbocycles. The number of rotatable bonds is 7. The lowest BCUT2D eigenvalue weighted by molar-refractivity contribution is 0.402. The van der Waals surface area contributed by atoms with Crippen molar-refractivity contribution in [2.75, 3.05) is 13.7 Å². The Kier molecular flexibility index (Phi) is 5.18. The molecule has 0 amide bonds. The third-order valence-electron chi connectivity index (χ3n) is 3.43. The first kappa shape index (κ1) is 14.6. The summed E-state index contributed by atoms with van der Waals surface area (Å²) in [5.41, 5.74) is 1.20. The second kappa shape index (κ2) is 7.10. The summed E-state index contributed by atoms with van der Waals surface area (Å²) in [6.45, 7) is 7.07. The molecule has 0 fully saturated rings. The molecule has 20 heavy (non-hydrogen) atoms. The molecule has 4 heteroatoms. The van der Waals surface area contributed by atoms with E-state index in [-0.39, 0.29) is 0 Å². The smallest absolute Gasteiger partial charge is 0.123 e. The Morgan fingerprint density at radius 2 is 2.15 bits per heavy atom. The van der Waals surface area contributed by atoms with Gasteiger partial charge in [0.25, 0.3) is 0 Å². The number of aromatic nitrogens is 2. The fourth-order valence-electron chi connectivity index (χ4n) is 2.30. The Bertz CT molecular complexity index is 536. The fraction of sp³-hybridized carbons (Fsp3) is 0.438. The molecule has 1 N–H and O–H groups in total. The fourth-order valence-corrected chi connectivity index (χ4v) is 2.30. The van der Waals surface area contributed by atoms with Gasteiger partial charge in [0.2, 0.25) is 0 Å².